The van der Waals surface area contributed by atoms with Gasteiger partial charge in [0, 0.05) is 0 Å². The summed E-state index contributed by atoms with van der Waals surface area (Å²) in [5.41, 5.74) is -0.546. The SMILES string of the molecule is CC(C)(C)CP(=O)(O)OCC(F)(F)F. The molecule has 0 saturated carbocycles. The van der Waals surface area contributed by atoms with E-state index in [0.717, 1.165) is 0 Å². The van der Waals surface area contributed by atoms with Gasteiger partial charge >= 0.3 is 13.8 Å². The van der Waals surface area contributed by atoms with E-state index in [0.29, 0.717) is 0 Å². The Hall–Kier alpha value is -0.0600. The molecule has 0 heterocycles. The zero-order valence-corrected chi connectivity index (χ0v) is 9.15. The molecule has 1 unspecified atom stereocenters. The first-order valence-electron chi connectivity index (χ1n) is 3.94. The van der Waals surface area contributed by atoms with Gasteiger partial charge in [-0.1, -0.05) is 20.8 Å². The van der Waals surface area contributed by atoms with Crippen LogP contribution >= 0.6 is 7.60 Å². The first-order valence-corrected chi connectivity index (χ1v) is 5.71. The Balaban J connectivity index is 4.17. The van der Waals surface area contributed by atoms with E-state index in [9.17, 15) is 17.7 Å². The van der Waals surface area contributed by atoms with Crippen molar-refractivity contribution in [2.75, 3.05) is 12.8 Å². The van der Waals surface area contributed by atoms with Gasteiger partial charge in [-0.05, 0) is 5.41 Å². The molecule has 0 spiro atoms. The summed E-state index contributed by atoms with van der Waals surface area (Å²) < 4.78 is 50.1. The Kier molecular flexibility index (Phi) is 4.19. The average molecular weight is 234 g/mol. The highest BCUT2D eigenvalue weighted by Gasteiger charge is 2.34. The first kappa shape index (κ1) is 13.9. The van der Waals surface area contributed by atoms with E-state index in [1.807, 2.05) is 0 Å². The minimum atomic E-state index is -4.57. The molecule has 0 aliphatic heterocycles. The van der Waals surface area contributed by atoms with Crippen LogP contribution in [0.3, 0.4) is 0 Å². The number of alkyl halides is 3. The molecule has 1 N–H and O–H groups in total. The average Bonchev–Trinajstić information content (AvgIpc) is 1.76. The van der Waals surface area contributed by atoms with Crippen LogP contribution in [0.4, 0.5) is 13.2 Å². The third-order valence-electron chi connectivity index (χ3n) is 1.10. The quantitative estimate of drug-likeness (QED) is 0.763. The number of hydrogen-bond acceptors (Lipinski definition) is 2. The Morgan fingerprint density at radius 3 is 2.00 bits per heavy atom. The summed E-state index contributed by atoms with van der Waals surface area (Å²) in [7, 11) is -4.13. The summed E-state index contributed by atoms with van der Waals surface area (Å²) in [6, 6.07) is 0. The fourth-order valence-electron chi connectivity index (χ4n) is 0.819. The van der Waals surface area contributed by atoms with Gasteiger partial charge in [0.2, 0.25) is 0 Å². The van der Waals surface area contributed by atoms with Crippen LogP contribution in [0.15, 0.2) is 0 Å². The molecule has 86 valence electrons. The molecule has 0 saturated heterocycles. The summed E-state index contributed by atoms with van der Waals surface area (Å²) in [6.45, 7) is 3.25. The Morgan fingerprint density at radius 2 is 1.71 bits per heavy atom. The van der Waals surface area contributed by atoms with E-state index in [4.69, 9.17) is 4.89 Å². The summed E-state index contributed by atoms with van der Waals surface area (Å²) in [6.07, 6.45) is -4.87. The van der Waals surface area contributed by atoms with Gasteiger partial charge in [-0.25, -0.2) is 0 Å². The van der Waals surface area contributed by atoms with Crippen LogP contribution in [0.1, 0.15) is 20.8 Å². The molecule has 0 fully saturated rings. The lowest BCUT2D eigenvalue weighted by Crippen LogP contribution is -2.19. The largest absolute Gasteiger partial charge is 0.412 e. The van der Waals surface area contributed by atoms with Crippen molar-refractivity contribution < 1.29 is 27.2 Å². The Morgan fingerprint density at radius 1 is 1.29 bits per heavy atom. The second-order valence-electron chi connectivity index (χ2n) is 4.24. The summed E-state index contributed by atoms with van der Waals surface area (Å²) in [4.78, 5) is 9.05. The van der Waals surface area contributed by atoms with Crippen LogP contribution in [0.5, 0.6) is 0 Å². The molecule has 0 aromatic carbocycles. The van der Waals surface area contributed by atoms with Crippen molar-refractivity contribution in [3.63, 3.8) is 0 Å². The summed E-state index contributed by atoms with van der Waals surface area (Å²) in [5.74, 6) is 0. The monoisotopic (exact) mass is 234 g/mol. The van der Waals surface area contributed by atoms with E-state index in [1.54, 1.807) is 20.8 Å². The van der Waals surface area contributed by atoms with E-state index in [2.05, 4.69) is 4.52 Å². The normalized spacial score (nSPS) is 17.9. The highest BCUT2D eigenvalue weighted by molar-refractivity contribution is 7.52. The van der Waals surface area contributed by atoms with Crippen LogP contribution in [-0.2, 0) is 9.09 Å². The molecule has 0 bridgehead atoms. The first-order chi connectivity index (χ1) is 5.91. The molecule has 14 heavy (non-hydrogen) atoms. The van der Waals surface area contributed by atoms with Crippen LogP contribution in [0, 0.1) is 5.41 Å². The van der Waals surface area contributed by atoms with Crippen LogP contribution < -0.4 is 0 Å². The Labute approximate surface area is 80.8 Å². The van der Waals surface area contributed by atoms with Crippen molar-refractivity contribution in [2.24, 2.45) is 5.41 Å². The molecule has 1 atom stereocenters. The van der Waals surface area contributed by atoms with Gasteiger partial charge in [0.05, 0.1) is 6.16 Å². The molecule has 0 rings (SSSR count). The maximum Gasteiger partial charge on any atom is 0.412 e. The van der Waals surface area contributed by atoms with Crippen molar-refractivity contribution in [3.05, 3.63) is 0 Å². The molecular formula is C7H14F3O3P. The standard InChI is InChI=1S/C7H14F3O3P/c1-6(2,3)5-14(11,12)13-4-7(8,9)10/h4-5H2,1-3H3,(H,11,12). The van der Waals surface area contributed by atoms with Crippen molar-refractivity contribution in [2.45, 2.75) is 26.9 Å². The fraction of sp³-hybridized carbons (Fsp3) is 1.00. The lowest BCUT2D eigenvalue weighted by molar-refractivity contribution is -0.155. The zero-order valence-electron chi connectivity index (χ0n) is 8.26. The lowest BCUT2D eigenvalue weighted by Gasteiger charge is -2.22. The highest BCUT2D eigenvalue weighted by atomic mass is 31.2. The van der Waals surface area contributed by atoms with Gasteiger partial charge < -0.3 is 4.89 Å². The molecule has 7 heteroatoms. The summed E-state index contributed by atoms with van der Waals surface area (Å²) >= 11 is 0. The topological polar surface area (TPSA) is 46.5 Å². The van der Waals surface area contributed by atoms with Crippen molar-refractivity contribution >= 4 is 7.60 Å². The molecule has 0 amide bonds. The maximum atomic E-state index is 11.7. The second kappa shape index (κ2) is 4.21. The lowest BCUT2D eigenvalue weighted by atomic mass is 10.0. The van der Waals surface area contributed by atoms with Crippen molar-refractivity contribution in [3.8, 4) is 0 Å². The molecule has 0 radical (unpaired) electrons. The van der Waals surface area contributed by atoms with Gasteiger partial charge in [0.1, 0.15) is 0 Å². The second-order valence-corrected chi connectivity index (χ2v) is 6.09. The third-order valence-corrected chi connectivity index (χ3v) is 2.98. The fourth-order valence-corrected chi connectivity index (χ4v) is 2.46. The van der Waals surface area contributed by atoms with Gasteiger partial charge in [-0.15, -0.1) is 0 Å². The third kappa shape index (κ3) is 8.53. The smallest absolute Gasteiger partial charge is 0.324 e. The van der Waals surface area contributed by atoms with Gasteiger partial charge in [-0.3, -0.25) is 9.09 Å². The van der Waals surface area contributed by atoms with Crippen molar-refractivity contribution in [1.82, 2.24) is 0 Å². The van der Waals surface area contributed by atoms with E-state index >= 15 is 0 Å². The minimum Gasteiger partial charge on any atom is -0.324 e. The maximum absolute atomic E-state index is 11.7. The summed E-state index contributed by atoms with van der Waals surface area (Å²) in [5, 5.41) is 0. The van der Waals surface area contributed by atoms with E-state index < -0.39 is 25.8 Å². The van der Waals surface area contributed by atoms with E-state index in [1.165, 1.54) is 0 Å². The molecule has 0 aliphatic carbocycles. The number of rotatable bonds is 3. The number of halogens is 3. The van der Waals surface area contributed by atoms with Gasteiger partial charge in [-0.2, -0.15) is 13.2 Å². The van der Waals surface area contributed by atoms with Crippen molar-refractivity contribution in [1.29, 1.82) is 0 Å². The van der Waals surface area contributed by atoms with Crippen LogP contribution in [0.25, 0.3) is 0 Å². The highest BCUT2D eigenvalue weighted by Crippen LogP contribution is 2.47. The predicted molar refractivity (Wildman–Crippen MR) is 46.2 cm³/mol. The Bertz CT molecular complexity index is 231. The molecule has 0 aromatic heterocycles. The van der Waals surface area contributed by atoms with E-state index in [-0.39, 0.29) is 6.16 Å². The van der Waals surface area contributed by atoms with Gasteiger partial charge in [0.15, 0.2) is 6.61 Å². The zero-order chi connectivity index (χ0) is 11.6. The van der Waals surface area contributed by atoms with Crippen LogP contribution in [-0.4, -0.2) is 23.8 Å². The van der Waals surface area contributed by atoms with Gasteiger partial charge in [0.25, 0.3) is 0 Å². The minimum absolute atomic E-state index is 0.296. The number of hydrogen-bond donors (Lipinski definition) is 1. The molecule has 0 aromatic rings. The predicted octanol–water partition coefficient (Wildman–Crippen LogP) is 2.80. The molecular weight excluding hydrogens is 220 g/mol. The van der Waals surface area contributed by atoms with Crippen LogP contribution in [0.2, 0.25) is 0 Å². The molecule has 0 aliphatic rings. The molecule has 3 nitrogen and oxygen atoms in total.